The third kappa shape index (κ3) is 45.2. The molecule has 0 fully saturated rings. The van der Waals surface area contributed by atoms with E-state index in [9.17, 15) is 67.6 Å². The van der Waals surface area contributed by atoms with E-state index in [1.54, 1.807) is 0 Å². The average molecular weight is 1470 g/mol. The van der Waals surface area contributed by atoms with E-state index < -0.39 is 122 Å². The van der Waals surface area contributed by atoms with Crippen molar-refractivity contribution in [2.24, 2.45) is 5.11 Å². The van der Waals surface area contributed by atoms with Crippen molar-refractivity contribution in [3.63, 3.8) is 0 Å². The molecule has 1 rings (SSSR count). The summed E-state index contributed by atoms with van der Waals surface area (Å²) in [5.41, 5.74) is 8.01. The lowest BCUT2D eigenvalue weighted by Crippen LogP contribution is -2.49. The van der Waals surface area contributed by atoms with Crippen molar-refractivity contribution < 1.29 is 115 Å². The lowest BCUT2D eigenvalue weighted by Gasteiger charge is -2.27. The molecule has 1 aromatic carbocycles. The van der Waals surface area contributed by atoms with E-state index >= 15 is 0 Å². The number of nitrogens with zero attached hydrogens (tertiary/aromatic N) is 14. The molecule has 0 heterocycles. The smallest absolute Gasteiger partial charge is 0.311 e. The second-order valence-electron chi connectivity index (χ2n) is 23.3. The van der Waals surface area contributed by atoms with Crippen LogP contribution in [0.2, 0.25) is 0 Å². The number of azide groups is 1. The minimum Gasteiger partial charge on any atom is -0.427 e. The lowest BCUT2D eigenvalue weighted by atomic mass is 10.2. The van der Waals surface area contributed by atoms with Crippen LogP contribution in [0.3, 0.4) is 0 Å². The van der Waals surface area contributed by atoms with E-state index in [4.69, 9.17) is 57.6 Å². The zero-order chi connectivity index (χ0) is 76.9. The Hall–Kier alpha value is -8.63. The number of nitro groups is 1. The molecule has 0 atom stereocenters. The molecule has 0 saturated heterocycles. The normalized spacial score (nSPS) is 10.8. The van der Waals surface area contributed by atoms with Gasteiger partial charge in [0.2, 0.25) is 59.1 Å². The van der Waals surface area contributed by atoms with Crippen LogP contribution in [0.5, 0.6) is 5.75 Å². The Morgan fingerprint density at radius 2 is 0.583 bits per heavy atom. The molecule has 0 spiro atoms. The number of carbonyl (C=O) groups is 12. The maximum absolute atomic E-state index is 13.1. The van der Waals surface area contributed by atoms with Gasteiger partial charge in [-0.3, -0.25) is 67.6 Å². The first-order valence-electron chi connectivity index (χ1n) is 33.2. The topological polar surface area (TPSA) is 431 Å². The number of benzene rings is 1. The van der Waals surface area contributed by atoms with Gasteiger partial charge >= 0.3 is 5.97 Å². The van der Waals surface area contributed by atoms with Gasteiger partial charge < -0.3 is 101 Å². The van der Waals surface area contributed by atoms with E-state index in [2.05, 4.69) is 10.0 Å². The molecule has 1 aromatic rings. The highest BCUT2D eigenvalue weighted by Gasteiger charge is 2.27. The van der Waals surface area contributed by atoms with Crippen molar-refractivity contribution in [2.45, 2.75) is 32.1 Å². The molecule has 0 aliphatic carbocycles. The number of esters is 1. The van der Waals surface area contributed by atoms with Crippen molar-refractivity contribution >= 4 is 76.5 Å². The third-order valence-corrected chi connectivity index (χ3v) is 14.6. The molecule has 0 unspecified atom stereocenters. The number of rotatable bonds is 60. The molecule has 0 saturated carbocycles. The largest absolute Gasteiger partial charge is 0.427 e. The number of hydrogen-bond acceptors (Lipinski definition) is 26. The predicted octanol–water partition coefficient (Wildman–Crippen LogP) is -1.92. The number of nitro benzene ring substituents is 1. The van der Waals surface area contributed by atoms with Crippen LogP contribution in [0.4, 0.5) is 5.69 Å². The SMILES string of the molecule is CN(CC(=O)CCCOCCOCCOCCOCCOCCOCCOCCOCCOCCOCCN=[N+]=[N-])C(=O)CN(C)C(=O)CN(C)C(=O)CN(C)C(=O)CN(C)C(=O)CN(C)C(=O)CN(C)C(=O)CN(C)C(=O)CN(C)C(=O)CN(C)C(=O)CCCC(=O)Oc1ccc([N+](=O)[O-])cc1. The molecule has 0 radical (unpaired) electrons. The fraction of sp³-hybridized carbons (Fsp3) is 0.719. The van der Waals surface area contributed by atoms with Gasteiger partial charge in [0.25, 0.3) is 5.69 Å². The van der Waals surface area contributed by atoms with E-state index in [0.717, 1.165) is 44.1 Å². The maximum Gasteiger partial charge on any atom is 0.311 e. The van der Waals surface area contributed by atoms with E-state index in [-0.39, 0.29) is 56.0 Å². The second-order valence-corrected chi connectivity index (χ2v) is 23.3. The first-order chi connectivity index (χ1) is 49.1. The summed E-state index contributed by atoms with van der Waals surface area (Å²) in [5.74, 6) is -6.85. The van der Waals surface area contributed by atoms with Gasteiger partial charge in [-0.15, -0.1) is 0 Å². The standard InChI is InChI=1S/C64H106N14O25/c1-68(41-52(79)13-12-21-93-23-25-95-27-29-97-31-33-99-35-37-101-39-40-102-38-36-100-34-32-98-30-28-96-26-24-94-22-20-66-67-65)55(81)43-70(3)57(83)45-72(5)59(85)47-74(7)61(87)49-76(9)63(89)50-77(10)62(88)48-75(8)60(86)46-73(6)58(84)44-71(4)56(82)42-69(2)54(80)14-11-15-64(90)103-53-18-16-51(17-19-53)78(91)92/h16-19H,11-15,20-50H2,1-10H3. The second kappa shape index (κ2) is 55.9. The van der Waals surface area contributed by atoms with Gasteiger partial charge in [0, 0.05) is 120 Å². The average Bonchev–Trinajstić information content (AvgIpc) is 0.905. The van der Waals surface area contributed by atoms with Crippen molar-refractivity contribution in [1.29, 1.82) is 0 Å². The molecule has 103 heavy (non-hydrogen) atoms. The van der Waals surface area contributed by atoms with Crippen LogP contribution in [-0.4, -0.2) is 399 Å². The van der Waals surface area contributed by atoms with Gasteiger partial charge in [-0.25, -0.2) is 0 Å². The minimum absolute atomic E-state index is 0.0861. The van der Waals surface area contributed by atoms with Crippen LogP contribution in [-0.2, 0) is 105 Å². The Labute approximate surface area is 600 Å². The first kappa shape index (κ1) is 92.4. The molecule has 10 amide bonds. The Kier molecular flexibility index (Phi) is 50.1. The maximum atomic E-state index is 13.1. The molecule has 0 aliphatic heterocycles. The van der Waals surface area contributed by atoms with Crippen LogP contribution >= 0.6 is 0 Å². The zero-order valence-corrected chi connectivity index (χ0v) is 61.2. The highest BCUT2D eigenvalue weighted by atomic mass is 16.6. The van der Waals surface area contributed by atoms with Crippen LogP contribution < -0.4 is 4.74 Å². The number of non-ortho nitro benzene ring substituents is 1. The zero-order valence-electron chi connectivity index (χ0n) is 61.2. The van der Waals surface area contributed by atoms with Crippen LogP contribution in [0, 0.1) is 10.1 Å². The highest BCUT2D eigenvalue weighted by molar-refractivity contribution is 5.94. The van der Waals surface area contributed by atoms with Gasteiger partial charge in [0.1, 0.15) is 5.75 Å². The van der Waals surface area contributed by atoms with E-state index in [0.29, 0.717) is 145 Å². The number of carbonyl (C=O) groups excluding carboxylic acids is 12. The van der Waals surface area contributed by atoms with Crippen molar-refractivity contribution in [2.75, 3.05) is 275 Å². The van der Waals surface area contributed by atoms with Gasteiger partial charge in [-0.1, -0.05) is 5.11 Å². The quantitative estimate of drug-likeness (QED) is 0.0100. The predicted molar refractivity (Wildman–Crippen MR) is 365 cm³/mol. The number of ether oxygens (including phenoxy) is 11. The summed E-state index contributed by atoms with van der Waals surface area (Å²) in [6.45, 7) is 4.05. The van der Waals surface area contributed by atoms with E-state index in [1.165, 1.54) is 99.6 Å². The molecule has 39 heteroatoms. The fourth-order valence-electron chi connectivity index (χ4n) is 8.13. The number of amides is 10. The Bertz CT molecular complexity index is 2820. The molecular weight excluding hydrogens is 1360 g/mol. The summed E-state index contributed by atoms with van der Waals surface area (Å²) in [4.78, 5) is 178. The molecule has 0 N–H and O–H groups in total. The third-order valence-electron chi connectivity index (χ3n) is 14.6. The summed E-state index contributed by atoms with van der Waals surface area (Å²) < 4.78 is 59.6. The van der Waals surface area contributed by atoms with Crippen molar-refractivity contribution in [3.05, 3.63) is 44.8 Å². The van der Waals surface area contributed by atoms with Gasteiger partial charge in [-0.2, -0.15) is 0 Å². The summed E-state index contributed by atoms with van der Waals surface area (Å²) >= 11 is 0. The summed E-state index contributed by atoms with van der Waals surface area (Å²) in [7, 11) is 13.4. The molecular formula is C64H106N14O25. The van der Waals surface area contributed by atoms with Crippen LogP contribution in [0.1, 0.15) is 32.1 Å². The summed E-state index contributed by atoms with van der Waals surface area (Å²) in [5, 5.41) is 14.2. The fourth-order valence-corrected chi connectivity index (χ4v) is 8.13. The molecule has 582 valence electrons. The number of hydrogen-bond donors (Lipinski definition) is 0. The monoisotopic (exact) mass is 1470 g/mol. The lowest BCUT2D eigenvalue weighted by molar-refractivity contribution is -0.384. The Morgan fingerprint density at radius 1 is 0.340 bits per heavy atom. The molecule has 0 aliphatic rings. The van der Waals surface area contributed by atoms with Crippen LogP contribution in [0.15, 0.2) is 29.4 Å². The summed E-state index contributed by atoms with van der Waals surface area (Å²) in [6.07, 6.45) is 0.403. The van der Waals surface area contributed by atoms with Gasteiger partial charge in [0.15, 0.2) is 5.78 Å². The number of likely N-dealkylation sites (N-methyl/N-ethyl adjacent to an activating group) is 10. The first-order valence-corrected chi connectivity index (χ1v) is 33.2. The number of Topliss-reactive ketones (excluding diaryl/α,β-unsaturated/α-hetero) is 1. The van der Waals surface area contributed by atoms with E-state index in [1.807, 2.05) is 0 Å². The molecule has 39 nitrogen and oxygen atoms in total. The summed E-state index contributed by atoms with van der Waals surface area (Å²) in [6, 6.07) is 4.89. The minimum atomic E-state index is -0.667. The van der Waals surface area contributed by atoms with Gasteiger partial charge in [-0.05, 0) is 30.5 Å². The van der Waals surface area contributed by atoms with Crippen LogP contribution in [0.25, 0.3) is 10.4 Å². The Balaban J connectivity index is 2.20. The highest BCUT2D eigenvalue weighted by Crippen LogP contribution is 2.18. The van der Waals surface area contributed by atoms with Crippen molar-refractivity contribution in [3.8, 4) is 5.75 Å². The molecule has 0 bridgehead atoms. The number of ketones is 1. The molecule has 0 aromatic heterocycles. The van der Waals surface area contributed by atoms with Gasteiger partial charge in [0.05, 0.1) is 196 Å². The van der Waals surface area contributed by atoms with Crippen molar-refractivity contribution in [1.82, 2.24) is 49.0 Å². The Morgan fingerprint density at radius 3 is 0.845 bits per heavy atom.